The van der Waals surface area contributed by atoms with Gasteiger partial charge in [-0.1, -0.05) is 0 Å². The zero-order chi connectivity index (χ0) is 17.9. The second-order valence-corrected chi connectivity index (χ2v) is 1.44. The Hall–Kier alpha value is 8.69. The Kier molecular flexibility index (Phi) is 536. The van der Waals surface area contributed by atoms with Crippen LogP contribution >= 0.6 is 0 Å². The zero-order valence-electron chi connectivity index (χ0n) is 24.0. The van der Waals surface area contributed by atoms with Gasteiger partial charge in [0.25, 0.3) is 0 Å². The molecule has 120 valence electrons. The third-order valence-corrected chi connectivity index (χ3v) is 0. The zero-order valence-corrected chi connectivity index (χ0v) is 24.0. The van der Waals surface area contributed by atoms with Crippen molar-refractivity contribution in [3.8, 4) is 0 Å². The summed E-state index contributed by atoms with van der Waals surface area (Å²) in [5.74, 6) is 0. The molecule has 0 amide bonds. The molecule has 0 saturated heterocycles. The van der Waals surface area contributed by atoms with E-state index in [1.54, 1.807) is 0 Å². The van der Waals surface area contributed by atoms with Crippen LogP contribution in [-0.2, 0) is 0 Å². The molecule has 0 rings (SSSR count). The Bertz CT molecular complexity index is 109. The Morgan fingerprint density at radius 3 is 0.143 bits per heavy atom. The molecule has 0 radical (unpaired) electrons. The molecule has 0 fully saturated rings. The molecule has 0 saturated carbocycles. The molecule has 0 aliphatic rings. The molecule has 0 aromatic rings. The summed E-state index contributed by atoms with van der Waals surface area (Å²) >= 11 is 0. The van der Waals surface area contributed by atoms with E-state index in [2.05, 4.69) is 0 Å². The van der Waals surface area contributed by atoms with Crippen LogP contribution in [0.3, 0.4) is 0 Å². The minimum absolute atomic E-state index is 0. The standard InChI is InChI=1S/5BO3.15Li/c5*2-1(3)4;;;;;;;;;;;;;;;/q5*-3;15*+1. The molecule has 0 unspecified atom stereocenters. The molecule has 0 aromatic heterocycles. The van der Waals surface area contributed by atoms with E-state index in [9.17, 15) is 0 Å². The van der Waals surface area contributed by atoms with Gasteiger partial charge >= 0.3 is 283 Å². The van der Waals surface area contributed by atoms with Crippen molar-refractivity contribution in [3.05, 3.63) is 0 Å². The molecule has 0 heterocycles. The van der Waals surface area contributed by atoms with Crippen molar-refractivity contribution in [2.75, 3.05) is 0 Å². The fourth-order valence-corrected chi connectivity index (χ4v) is 0. The molecular formula is B5Li15O15. The largest absolute Gasteiger partial charge is 1.00 e. The van der Waals surface area contributed by atoms with E-state index in [1.807, 2.05) is 0 Å². The Morgan fingerprint density at radius 1 is 0.143 bits per heavy atom. The van der Waals surface area contributed by atoms with E-state index >= 15 is 0 Å². The van der Waals surface area contributed by atoms with E-state index < -0.39 is 36.6 Å². The summed E-state index contributed by atoms with van der Waals surface area (Å²) in [6, 6.07) is 0. The molecule has 0 aliphatic carbocycles. The van der Waals surface area contributed by atoms with Crippen LogP contribution in [0, 0.1) is 0 Å². The summed E-state index contributed by atoms with van der Waals surface area (Å²) < 4.78 is 0. The molecule has 0 aromatic carbocycles. The third-order valence-electron chi connectivity index (χ3n) is 0. The maximum Gasteiger partial charge on any atom is 1.00 e. The van der Waals surface area contributed by atoms with E-state index in [0.29, 0.717) is 0 Å². The average Bonchev–Trinajstić information content (AvgIpc) is 1.94. The minimum atomic E-state index is -2.92. The normalized spacial score (nSPS) is 3.86. The minimum Gasteiger partial charge on any atom is -0.907 e. The maximum absolute atomic E-state index is 8.42. The van der Waals surface area contributed by atoms with E-state index in [0.717, 1.165) is 0 Å². The van der Waals surface area contributed by atoms with Gasteiger partial charge in [-0.15, -0.1) is 0 Å². The second kappa shape index (κ2) is 132. The number of hydrogen-bond acceptors (Lipinski definition) is 15. The predicted octanol–water partition coefficient (Wildman–Crippen LogP) is -64.7. The number of rotatable bonds is 0. The van der Waals surface area contributed by atoms with E-state index in [4.69, 9.17) is 75.4 Å². The van der Waals surface area contributed by atoms with Crippen molar-refractivity contribution in [2.24, 2.45) is 0 Å². The van der Waals surface area contributed by atoms with Crippen LogP contribution in [0.2, 0.25) is 0 Å². The smallest absolute Gasteiger partial charge is 0.907 e. The van der Waals surface area contributed by atoms with Crippen LogP contribution in [0.15, 0.2) is 0 Å². The Labute approximate surface area is 387 Å². The molecule has 0 aliphatic heterocycles. The monoisotopic (exact) mass is 400 g/mol. The summed E-state index contributed by atoms with van der Waals surface area (Å²) in [6.45, 7) is 0. The van der Waals surface area contributed by atoms with Gasteiger partial charge in [0.2, 0.25) is 0 Å². The van der Waals surface area contributed by atoms with Gasteiger partial charge in [-0.25, -0.2) is 0 Å². The van der Waals surface area contributed by atoms with Crippen molar-refractivity contribution in [1.29, 1.82) is 0 Å². The van der Waals surface area contributed by atoms with Gasteiger partial charge in [0.15, 0.2) is 0 Å². The fraction of sp³-hybridized carbons (Fsp3) is 0. The topological polar surface area (TPSA) is 346 Å². The molecule has 0 bridgehead atoms. The second-order valence-electron chi connectivity index (χ2n) is 1.44. The van der Waals surface area contributed by atoms with Crippen LogP contribution in [0.1, 0.15) is 0 Å². The summed E-state index contributed by atoms with van der Waals surface area (Å²) in [5.41, 5.74) is 0. The first kappa shape index (κ1) is 142. The van der Waals surface area contributed by atoms with Crippen molar-refractivity contribution in [3.63, 3.8) is 0 Å². The van der Waals surface area contributed by atoms with Crippen LogP contribution in [0.5, 0.6) is 0 Å². The summed E-state index contributed by atoms with van der Waals surface area (Å²) in [5, 5.41) is 126. The van der Waals surface area contributed by atoms with Gasteiger partial charge < -0.3 is 75.4 Å². The molecule has 35 heteroatoms. The van der Waals surface area contributed by atoms with Gasteiger partial charge in [-0.3, -0.25) is 36.6 Å². The van der Waals surface area contributed by atoms with Crippen LogP contribution in [-0.4, -0.2) is 36.6 Å². The van der Waals surface area contributed by atoms with E-state index in [-0.39, 0.29) is 283 Å². The average molecular weight is 398 g/mol. The molecule has 15 nitrogen and oxygen atoms in total. The SMILES string of the molecule is [Li+].[Li+].[Li+].[Li+].[Li+].[Li+].[Li+].[Li+].[Li+].[Li+].[Li+].[Li+].[Li+].[Li+].[Li+].[O-]B([O-])[O-].[O-]B([O-])[O-].[O-]B([O-])[O-].[O-]B([O-])[O-].[O-]B([O-])[O-]. The van der Waals surface area contributed by atoms with Crippen molar-refractivity contribution in [2.45, 2.75) is 0 Å². The molecular weight excluding hydrogens is 398 g/mol. The van der Waals surface area contributed by atoms with E-state index in [1.165, 1.54) is 0 Å². The first-order chi connectivity index (χ1) is 8.66. The summed E-state index contributed by atoms with van der Waals surface area (Å²) in [7, 11) is -14.6. The number of hydrogen-bond donors (Lipinski definition) is 0. The van der Waals surface area contributed by atoms with Crippen LogP contribution in [0.4, 0.5) is 0 Å². The van der Waals surface area contributed by atoms with Crippen LogP contribution in [0.25, 0.3) is 0 Å². The van der Waals surface area contributed by atoms with Gasteiger partial charge in [-0.2, -0.15) is 0 Å². The Morgan fingerprint density at radius 2 is 0.143 bits per heavy atom. The third kappa shape index (κ3) is 937. The summed E-state index contributed by atoms with van der Waals surface area (Å²) in [4.78, 5) is 0. The molecule has 35 heavy (non-hydrogen) atoms. The molecule has 0 atom stereocenters. The molecule has 0 spiro atoms. The van der Waals surface area contributed by atoms with Gasteiger partial charge in [-0.05, 0) is 0 Å². The maximum atomic E-state index is 8.42. The Balaban J connectivity index is -0.00000000403. The first-order valence-corrected chi connectivity index (χ1v) is 3.54. The van der Waals surface area contributed by atoms with Gasteiger partial charge in [0, 0.05) is 0 Å². The first-order valence-electron chi connectivity index (χ1n) is 3.54. The predicted molar refractivity (Wildman–Crippen MR) is 28.8 cm³/mol. The fourth-order valence-electron chi connectivity index (χ4n) is 0. The van der Waals surface area contributed by atoms with Gasteiger partial charge in [0.1, 0.15) is 0 Å². The van der Waals surface area contributed by atoms with Crippen molar-refractivity contribution in [1.82, 2.24) is 0 Å². The van der Waals surface area contributed by atoms with Crippen LogP contribution < -0.4 is 358 Å². The van der Waals surface area contributed by atoms with Crippen molar-refractivity contribution < 1.29 is 358 Å². The van der Waals surface area contributed by atoms with Gasteiger partial charge in [0.05, 0.1) is 0 Å². The summed E-state index contributed by atoms with van der Waals surface area (Å²) in [6.07, 6.45) is 0. The van der Waals surface area contributed by atoms with Crippen molar-refractivity contribution >= 4 is 36.6 Å². The quantitative estimate of drug-likeness (QED) is 0.341. The molecule has 0 N–H and O–H groups in total.